The van der Waals surface area contributed by atoms with Crippen molar-refractivity contribution in [3.05, 3.63) is 28.2 Å². The maximum absolute atomic E-state index is 11.1. The van der Waals surface area contributed by atoms with Crippen LogP contribution in [0.4, 0.5) is 5.69 Å². The van der Waals surface area contributed by atoms with Crippen LogP contribution in [0.1, 0.15) is 25.3 Å². The Labute approximate surface area is 129 Å². The normalized spacial score (nSPS) is 16.2. The van der Waals surface area contributed by atoms with Crippen LogP contribution in [0.15, 0.2) is 22.7 Å². The molecule has 1 fully saturated rings. The van der Waals surface area contributed by atoms with Gasteiger partial charge < -0.3 is 15.5 Å². The molecule has 2 N–H and O–H groups in total. The Kier molecular flexibility index (Phi) is 5.43. The predicted molar refractivity (Wildman–Crippen MR) is 86.0 cm³/mol. The molecule has 110 valence electrons. The minimum Gasteiger partial charge on any atom is -0.371 e. The Bertz CT molecular complexity index is 470. The summed E-state index contributed by atoms with van der Waals surface area (Å²) in [4.78, 5) is 13.5. The Balaban J connectivity index is 2.06. The van der Waals surface area contributed by atoms with Crippen LogP contribution in [0.25, 0.3) is 0 Å². The molecule has 20 heavy (non-hydrogen) atoms. The van der Waals surface area contributed by atoms with Crippen LogP contribution in [0.5, 0.6) is 0 Å². The standard InChI is InChI=1S/C15H22BrN3O/c1-11(20)18-14-5-7-19(8-6-14)15-9-13(16)4-3-12(15)10-17-2/h3-4,9,14,17H,5-8,10H2,1-2H3,(H,18,20). The highest BCUT2D eigenvalue weighted by molar-refractivity contribution is 9.10. The van der Waals surface area contributed by atoms with E-state index < -0.39 is 0 Å². The number of benzene rings is 1. The number of piperidine rings is 1. The van der Waals surface area contributed by atoms with Crippen molar-refractivity contribution in [3.8, 4) is 0 Å². The third kappa shape index (κ3) is 3.96. The number of nitrogens with one attached hydrogen (secondary N) is 2. The number of carbonyl (C=O) groups excluding carboxylic acids is 1. The summed E-state index contributed by atoms with van der Waals surface area (Å²) in [6.07, 6.45) is 2.01. The van der Waals surface area contributed by atoms with Crippen molar-refractivity contribution in [2.45, 2.75) is 32.4 Å². The van der Waals surface area contributed by atoms with E-state index in [1.165, 1.54) is 11.3 Å². The average Bonchev–Trinajstić information content (AvgIpc) is 2.41. The zero-order valence-corrected chi connectivity index (χ0v) is 13.7. The molecule has 5 heteroatoms. The second kappa shape index (κ2) is 7.09. The average molecular weight is 340 g/mol. The van der Waals surface area contributed by atoms with Gasteiger partial charge in [-0.15, -0.1) is 0 Å². The topological polar surface area (TPSA) is 44.4 Å². The van der Waals surface area contributed by atoms with E-state index in [0.717, 1.165) is 36.9 Å². The second-order valence-electron chi connectivity index (χ2n) is 5.27. The second-order valence-corrected chi connectivity index (χ2v) is 6.18. The quantitative estimate of drug-likeness (QED) is 0.884. The van der Waals surface area contributed by atoms with Gasteiger partial charge in [0.15, 0.2) is 0 Å². The van der Waals surface area contributed by atoms with Crippen molar-refractivity contribution in [1.29, 1.82) is 0 Å². The van der Waals surface area contributed by atoms with Crippen LogP contribution >= 0.6 is 15.9 Å². The molecule has 0 unspecified atom stereocenters. The van der Waals surface area contributed by atoms with Gasteiger partial charge >= 0.3 is 0 Å². The molecule has 0 aliphatic carbocycles. The molecule has 1 aromatic carbocycles. The lowest BCUT2D eigenvalue weighted by Gasteiger charge is -2.35. The molecule has 1 amide bonds. The lowest BCUT2D eigenvalue weighted by molar-refractivity contribution is -0.119. The van der Waals surface area contributed by atoms with Crippen molar-refractivity contribution in [1.82, 2.24) is 10.6 Å². The molecule has 0 spiro atoms. The Morgan fingerprint density at radius 2 is 2.10 bits per heavy atom. The fraction of sp³-hybridized carbons (Fsp3) is 0.533. The Morgan fingerprint density at radius 1 is 1.40 bits per heavy atom. The molecule has 1 aliphatic heterocycles. The van der Waals surface area contributed by atoms with Gasteiger partial charge in [0.05, 0.1) is 0 Å². The van der Waals surface area contributed by atoms with Crippen LogP contribution < -0.4 is 15.5 Å². The number of rotatable bonds is 4. The number of nitrogens with zero attached hydrogens (tertiary/aromatic N) is 1. The molecule has 0 radical (unpaired) electrons. The fourth-order valence-corrected chi connectivity index (χ4v) is 3.07. The molecule has 1 aliphatic rings. The number of hydrogen-bond donors (Lipinski definition) is 2. The summed E-state index contributed by atoms with van der Waals surface area (Å²) in [5, 5.41) is 6.24. The van der Waals surface area contributed by atoms with E-state index in [9.17, 15) is 4.79 Å². The van der Waals surface area contributed by atoms with E-state index in [2.05, 4.69) is 49.7 Å². The summed E-state index contributed by atoms with van der Waals surface area (Å²) in [7, 11) is 1.97. The van der Waals surface area contributed by atoms with Gasteiger partial charge in [-0.05, 0) is 37.6 Å². The van der Waals surface area contributed by atoms with Crippen LogP contribution in [0.2, 0.25) is 0 Å². The summed E-state index contributed by atoms with van der Waals surface area (Å²) in [5.74, 6) is 0.0711. The summed E-state index contributed by atoms with van der Waals surface area (Å²) < 4.78 is 1.11. The SMILES string of the molecule is CNCc1ccc(Br)cc1N1CCC(NC(C)=O)CC1. The number of carbonyl (C=O) groups is 1. The molecule has 1 heterocycles. The molecule has 1 aromatic rings. The molecule has 1 saturated heterocycles. The van der Waals surface area contributed by atoms with Crippen LogP contribution in [0, 0.1) is 0 Å². The highest BCUT2D eigenvalue weighted by atomic mass is 79.9. The van der Waals surface area contributed by atoms with Gasteiger partial charge in [0.25, 0.3) is 0 Å². The van der Waals surface area contributed by atoms with Crippen molar-refractivity contribution in [2.75, 3.05) is 25.0 Å². The molecule has 0 bridgehead atoms. The number of halogens is 1. The molecule has 0 atom stereocenters. The molecular weight excluding hydrogens is 318 g/mol. The maximum Gasteiger partial charge on any atom is 0.217 e. The molecule has 0 saturated carbocycles. The van der Waals surface area contributed by atoms with Crippen molar-refractivity contribution >= 4 is 27.5 Å². The molecular formula is C15H22BrN3O. The Morgan fingerprint density at radius 3 is 2.70 bits per heavy atom. The number of amides is 1. The van der Waals surface area contributed by atoms with E-state index in [4.69, 9.17) is 0 Å². The van der Waals surface area contributed by atoms with Crippen LogP contribution in [-0.4, -0.2) is 32.1 Å². The minimum atomic E-state index is 0.0711. The van der Waals surface area contributed by atoms with Crippen molar-refractivity contribution in [2.24, 2.45) is 0 Å². The number of anilines is 1. The first kappa shape index (κ1) is 15.3. The van der Waals surface area contributed by atoms with Gasteiger partial charge in [-0.25, -0.2) is 0 Å². The lowest BCUT2D eigenvalue weighted by atomic mass is 10.0. The number of hydrogen-bond acceptors (Lipinski definition) is 3. The minimum absolute atomic E-state index is 0.0711. The monoisotopic (exact) mass is 339 g/mol. The predicted octanol–water partition coefficient (Wildman–Crippen LogP) is 2.27. The van der Waals surface area contributed by atoms with Crippen molar-refractivity contribution in [3.63, 3.8) is 0 Å². The summed E-state index contributed by atoms with van der Waals surface area (Å²) in [5.41, 5.74) is 2.60. The van der Waals surface area contributed by atoms with Crippen LogP contribution in [0.3, 0.4) is 0 Å². The van der Waals surface area contributed by atoms with Gasteiger partial charge in [-0.1, -0.05) is 22.0 Å². The fourth-order valence-electron chi connectivity index (χ4n) is 2.72. The highest BCUT2D eigenvalue weighted by Crippen LogP contribution is 2.27. The zero-order chi connectivity index (χ0) is 14.5. The molecule has 0 aromatic heterocycles. The van der Waals surface area contributed by atoms with Gasteiger partial charge in [-0.3, -0.25) is 4.79 Å². The first-order valence-corrected chi connectivity index (χ1v) is 7.84. The smallest absolute Gasteiger partial charge is 0.217 e. The molecule has 4 nitrogen and oxygen atoms in total. The largest absolute Gasteiger partial charge is 0.371 e. The summed E-state index contributed by atoms with van der Waals surface area (Å²) >= 11 is 3.55. The summed E-state index contributed by atoms with van der Waals surface area (Å²) in [6, 6.07) is 6.75. The van der Waals surface area contributed by atoms with E-state index in [0.29, 0.717) is 6.04 Å². The first-order chi connectivity index (χ1) is 9.60. The molecule has 2 rings (SSSR count). The van der Waals surface area contributed by atoms with E-state index in [1.807, 2.05) is 7.05 Å². The highest BCUT2D eigenvalue weighted by Gasteiger charge is 2.21. The first-order valence-electron chi connectivity index (χ1n) is 7.05. The van der Waals surface area contributed by atoms with Crippen molar-refractivity contribution < 1.29 is 4.79 Å². The van der Waals surface area contributed by atoms with Gasteiger partial charge in [0, 0.05) is 42.8 Å². The van der Waals surface area contributed by atoms with E-state index in [1.54, 1.807) is 6.92 Å². The van der Waals surface area contributed by atoms with Gasteiger partial charge in [0.1, 0.15) is 0 Å². The van der Waals surface area contributed by atoms with Gasteiger partial charge in [0.2, 0.25) is 5.91 Å². The Hall–Kier alpha value is -1.07. The summed E-state index contributed by atoms with van der Waals surface area (Å²) in [6.45, 7) is 4.43. The third-order valence-corrected chi connectivity index (χ3v) is 4.15. The van der Waals surface area contributed by atoms with Crippen LogP contribution in [-0.2, 0) is 11.3 Å². The van der Waals surface area contributed by atoms with E-state index in [-0.39, 0.29) is 5.91 Å². The zero-order valence-electron chi connectivity index (χ0n) is 12.1. The van der Waals surface area contributed by atoms with Gasteiger partial charge in [-0.2, -0.15) is 0 Å². The maximum atomic E-state index is 11.1. The lowest BCUT2D eigenvalue weighted by Crippen LogP contribution is -2.44. The van der Waals surface area contributed by atoms with E-state index >= 15 is 0 Å². The third-order valence-electron chi connectivity index (χ3n) is 3.66.